The molecule has 1 heterocycles. The van der Waals surface area contributed by atoms with Gasteiger partial charge < -0.3 is 15.7 Å². The van der Waals surface area contributed by atoms with Gasteiger partial charge >= 0.3 is 0 Å². The number of aliphatic hydroxyl groups excluding tert-OH is 1. The summed E-state index contributed by atoms with van der Waals surface area (Å²) >= 11 is 0. The number of anilines is 2. The minimum atomic E-state index is -0.280. The summed E-state index contributed by atoms with van der Waals surface area (Å²) < 4.78 is 0. The highest BCUT2D eigenvalue weighted by atomic mass is 16.3. The summed E-state index contributed by atoms with van der Waals surface area (Å²) in [6, 6.07) is 0.0960. The van der Waals surface area contributed by atoms with Gasteiger partial charge in [-0.2, -0.15) is 0 Å². The van der Waals surface area contributed by atoms with E-state index in [1.54, 1.807) is 12.4 Å². The van der Waals surface area contributed by atoms with Crippen molar-refractivity contribution >= 4 is 11.6 Å². The van der Waals surface area contributed by atoms with Crippen LogP contribution in [0.3, 0.4) is 0 Å². The highest BCUT2D eigenvalue weighted by Crippen LogP contribution is 2.21. The molecule has 1 aliphatic carbocycles. The number of nitrogens with one attached hydrogen (secondary N) is 2. The predicted octanol–water partition coefficient (Wildman–Crippen LogP) is 2.01. The van der Waals surface area contributed by atoms with E-state index in [-0.39, 0.29) is 12.1 Å². The molecular weight excluding hydrogens is 228 g/mol. The predicted molar refractivity (Wildman–Crippen MR) is 72.7 cm³/mol. The molecule has 2 unspecified atom stereocenters. The average Bonchev–Trinajstić information content (AvgIpc) is 2.56. The Balaban J connectivity index is 2.00. The van der Waals surface area contributed by atoms with E-state index in [1.807, 2.05) is 6.92 Å². The Morgan fingerprint density at radius 3 is 2.83 bits per heavy atom. The molecule has 3 N–H and O–H groups in total. The SMILES string of the molecule is CCNc1cncc(NC2CCCCCC2O)n1. The first-order valence-electron chi connectivity index (χ1n) is 6.80. The Kier molecular flexibility index (Phi) is 4.75. The Hall–Kier alpha value is -1.36. The van der Waals surface area contributed by atoms with Crippen molar-refractivity contribution in [2.75, 3.05) is 17.2 Å². The minimum absolute atomic E-state index is 0.0960. The second kappa shape index (κ2) is 6.54. The maximum Gasteiger partial charge on any atom is 0.147 e. The van der Waals surface area contributed by atoms with Gasteiger partial charge in [-0.3, -0.25) is 4.98 Å². The van der Waals surface area contributed by atoms with E-state index in [2.05, 4.69) is 20.6 Å². The topological polar surface area (TPSA) is 70.1 Å². The van der Waals surface area contributed by atoms with Crippen molar-refractivity contribution in [3.05, 3.63) is 12.4 Å². The van der Waals surface area contributed by atoms with Crippen LogP contribution < -0.4 is 10.6 Å². The molecule has 5 heteroatoms. The molecule has 0 aromatic carbocycles. The van der Waals surface area contributed by atoms with Gasteiger partial charge in [0, 0.05) is 6.54 Å². The molecule has 0 bridgehead atoms. The standard InChI is InChI=1S/C13H22N4O/c1-2-15-12-8-14-9-13(17-12)16-10-6-4-3-5-7-11(10)18/h8-11,18H,2-7H2,1H3,(H2,15,16,17). The Morgan fingerprint density at radius 2 is 2.00 bits per heavy atom. The van der Waals surface area contributed by atoms with Crippen molar-refractivity contribution in [3.8, 4) is 0 Å². The van der Waals surface area contributed by atoms with Crippen LogP contribution in [0.5, 0.6) is 0 Å². The van der Waals surface area contributed by atoms with Crippen LogP contribution in [0.2, 0.25) is 0 Å². The van der Waals surface area contributed by atoms with E-state index < -0.39 is 0 Å². The average molecular weight is 250 g/mol. The quantitative estimate of drug-likeness (QED) is 0.713. The lowest BCUT2D eigenvalue weighted by Crippen LogP contribution is -2.32. The normalized spacial score (nSPS) is 24.3. The van der Waals surface area contributed by atoms with Crippen LogP contribution in [0.15, 0.2) is 12.4 Å². The van der Waals surface area contributed by atoms with Crippen molar-refractivity contribution in [1.82, 2.24) is 9.97 Å². The number of aromatic nitrogens is 2. The third-order valence-electron chi connectivity index (χ3n) is 3.31. The highest BCUT2D eigenvalue weighted by molar-refractivity contribution is 5.42. The van der Waals surface area contributed by atoms with Gasteiger partial charge in [-0.05, 0) is 19.8 Å². The van der Waals surface area contributed by atoms with Crippen LogP contribution in [0.25, 0.3) is 0 Å². The van der Waals surface area contributed by atoms with E-state index in [4.69, 9.17) is 0 Å². The fourth-order valence-electron chi connectivity index (χ4n) is 2.35. The zero-order chi connectivity index (χ0) is 12.8. The molecule has 0 saturated heterocycles. The molecule has 0 radical (unpaired) electrons. The zero-order valence-corrected chi connectivity index (χ0v) is 10.9. The molecule has 1 aromatic rings. The second-order valence-corrected chi connectivity index (χ2v) is 4.78. The lowest BCUT2D eigenvalue weighted by atomic mass is 10.1. The molecule has 0 spiro atoms. The minimum Gasteiger partial charge on any atom is -0.391 e. The number of hydrogen-bond donors (Lipinski definition) is 3. The fourth-order valence-corrected chi connectivity index (χ4v) is 2.35. The summed E-state index contributed by atoms with van der Waals surface area (Å²) in [6.45, 7) is 2.85. The van der Waals surface area contributed by atoms with E-state index in [1.165, 1.54) is 6.42 Å². The number of hydrogen-bond acceptors (Lipinski definition) is 5. The summed E-state index contributed by atoms with van der Waals surface area (Å²) in [7, 11) is 0. The lowest BCUT2D eigenvalue weighted by Gasteiger charge is -2.22. The Bertz CT molecular complexity index is 372. The third-order valence-corrected chi connectivity index (χ3v) is 3.31. The highest BCUT2D eigenvalue weighted by Gasteiger charge is 2.21. The fraction of sp³-hybridized carbons (Fsp3) is 0.692. The summed E-state index contributed by atoms with van der Waals surface area (Å²) in [6.07, 6.45) is 8.48. The van der Waals surface area contributed by atoms with Gasteiger partial charge in [0.05, 0.1) is 24.5 Å². The van der Waals surface area contributed by atoms with Crippen molar-refractivity contribution in [1.29, 1.82) is 0 Å². The molecule has 2 atom stereocenters. The molecule has 0 amide bonds. The van der Waals surface area contributed by atoms with Crippen molar-refractivity contribution in [2.24, 2.45) is 0 Å². The van der Waals surface area contributed by atoms with Gasteiger partial charge in [0.2, 0.25) is 0 Å². The molecule has 1 aromatic heterocycles. The van der Waals surface area contributed by atoms with Crippen molar-refractivity contribution in [2.45, 2.75) is 51.2 Å². The van der Waals surface area contributed by atoms with Crippen molar-refractivity contribution < 1.29 is 5.11 Å². The molecule has 18 heavy (non-hydrogen) atoms. The summed E-state index contributed by atoms with van der Waals surface area (Å²) in [5.41, 5.74) is 0. The van der Waals surface area contributed by atoms with E-state index >= 15 is 0 Å². The number of nitrogens with zero attached hydrogens (tertiary/aromatic N) is 2. The first kappa shape index (κ1) is 13.1. The van der Waals surface area contributed by atoms with Gasteiger partial charge in [-0.25, -0.2) is 4.98 Å². The molecular formula is C13H22N4O. The van der Waals surface area contributed by atoms with E-state index in [9.17, 15) is 5.11 Å². The van der Waals surface area contributed by atoms with Crippen LogP contribution >= 0.6 is 0 Å². The summed E-state index contributed by atoms with van der Waals surface area (Å²) in [4.78, 5) is 8.57. The van der Waals surface area contributed by atoms with Crippen LogP contribution in [0.1, 0.15) is 39.0 Å². The van der Waals surface area contributed by atoms with Crippen LogP contribution in [0, 0.1) is 0 Å². The Morgan fingerprint density at radius 1 is 1.22 bits per heavy atom. The third kappa shape index (κ3) is 3.57. The van der Waals surface area contributed by atoms with Crippen LogP contribution in [-0.2, 0) is 0 Å². The van der Waals surface area contributed by atoms with E-state index in [0.717, 1.165) is 43.9 Å². The lowest BCUT2D eigenvalue weighted by molar-refractivity contribution is 0.144. The van der Waals surface area contributed by atoms with Gasteiger partial charge in [0.15, 0.2) is 0 Å². The van der Waals surface area contributed by atoms with Gasteiger partial charge in [-0.15, -0.1) is 0 Å². The maximum atomic E-state index is 10.1. The van der Waals surface area contributed by atoms with Crippen molar-refractivity contribution in [3.63, 3.8) is 0 Å². The molecule has 0 aliphatic heterocycles. The Labute approximate surface area is 108 Å². The maximum absolute atomic E-state index is 10.1. The number of rotatable bonds is 4. The van der Waals surface area contributed by atoms with Gasteiger partial charge in [0.25, 0.3) is 0 Å². The largest absolute Gasteiger partial charge is 0.391 e. The van der Waals surface area contributed by atoms with Gasteiger partial charge in [-0.1, -0.05) is 19.3 Å². The smallest absolute Gasteiger partial charge is 0.147 e. The van der Waals surface area contributed by atoms with Crippen LogP contribution in [0.4, 0.5) is 11.6 Å². The van der Waals surface area contributed by atoms with Crippen LogP contribution in [-0.4, -0.2) is 33.8 Å². The zero-order valence-electron chi connectivity index (χ0n) is 10.9. The van der Waals surface area contributed by atoms with Gasteiger partial charge in [0.1, 0.15) is 11.6 Å². The second-order valence-electron chi connectivity index (χ2n) is 4.78. The first-order chi connectivity index (χ1) is 8.79. The monoisotopic (exact) mass is 250 g/mol. The molecule has 5 nitrogen and oxygen atoms in total. The summed E-state index contributed by atoms with van der Waals surface area (Å²) in [5.74, 6) is 1.50. The summed E-state index contributed by atoms with van der Waals surface area (Å²) in [5, 5.41) is 16.5. The molecule has 1 aliphatic rings. The van der Waals surface area contributed by atoms with E-state index in [0.29, 0.717) is 0 Å². The first-order valence-corrected chi connectivity index (χ1v) is 6.80. The molecule has 1 saturated carbocycles. The number of aliphatic hydroxyl groups is 1. The molecule has 1 fully saturated rings. The molecule has 2 rings (SSSR count). The molecule has 100 valence electrons.